The number of H-pyrrole nitrogens is 1. The number of pyridine rings is 1. The highest BCUT2D eigenvalue weighted by atomic mass is 16.1. The van der Waals surface area contributed by atoms with E-state index in [1.807, 2.05) is 44.3 Å². The summed E-state index contributed by atoms with van der Waals surface area (Å²) in [6.45, 7) is 1.90. The molecule has 0 saturated heterocycles. The molecule has 1 saturated carbocycles. The fraction of sp³-hybridized carbons (Fsp3) is 0.263. The van der Waals surface area contributed by atoms with Crippen molar-refractivity contribution >= 4 is 33.9 Å². The number of imidazole rings is 1. The number of aromatic nitrogens is 5. The molecular weight excluding hydrogens is 328 g/mol. The summed E-state index contributed by atoms with van der Waals surface area (Å²) >= 11 is 0. The monoisotopic (exact) mass is 346 g/mol. The minimum Gasteiger partial charge on any atom is -0.324 e. The van der Waals surface area contributed by atoms with E-state index in [0.717, 1.165) is 46.3 Å². The highest BCUT2D eigenvalue weighted by molar-refractivity contribution is 6.12. The SMILES string of the molecule is Cc1nn(C)c2nc(C3CC3)cc(C(=O)Nc3nc4ccccc4[nH]3)c12. The second kappa shape index (κ2) is 5.39. The van der Waals surface area contributed by atoms with Gasteiger partial charge in [-0.1, -0.05) is 12.1 Å². The maximum Gasteiger partial charge on any atom is 0.258 e. The van der Waals surface area contributed by atoms with Gasteiger partial charge < -0.3 is 4.98 Å². The molecule has 1 aliphatic rings. The molecule has 1 fully saturated rings. The largest absolute Gasteiger partial charge is 0.324 e. The third-order valence-electron chi connectivity index (χ3n) is 4.85. The number of para-hydroxylation sites is 2. The number of carbonyl (C=O) groups excluding carboxylic acids is 1. The number of carbonyl (C=O) groups is 1. The van der Waals surface area contributed by atoms with Gasteiger partial charge in [-0.15, -0.1) is 0 Å². The van der Waals surface area contributed by atoms with Gasteiger partial charge in [-0.3, -0.25) is 14.8 Å². The fourth-order valence-corrected chi connectivity index (χ4v) is 3.42. The lowest BCUT2D eigenvalue weighted by Gasteiger charge is -2.07. The molecule has 0 bridgehead atoms. The predicted octanol–water partition coefficient (Wildman–Crippen LogP) is 3.28. The number of aromatic amines is 1. The van der Waals surface area contributed by atoms with Crippen molar-refractivity contribution in [2.24, 2.45) is 7.05 Å². The standard InChI is InChI=1S/C19H18N6O/c1-10-16-12(9-15(11-7-8-11)20-17(16)25(2)24-10)18(26)23-19-21-13-5-3-4-6-14(13)22-19/h3-6,9,11H,7-8H2,1-2H3,(H2,21,22,23,26). The van der Waals surface area contributed by atoms with E-state index in [1.165, 1.54) is 0 Å². The van der Waals surface area contributed by atoms with Gasteiger partial charge in [0.15, 0.2) is 5.65 Å². The van der Waals surface area contributed by atoms with Crippen LogP contribution in [-0.2, 0) is 7.05 Å². The Morgan fingerprint density at radius 2 is 2.08 bits per heavy atom. The molecule has 0 atom stereocenters. The number of hydrogen-bond donors (Lipinski definition) is 2. The molecule has 1 amide bonds. The van der Waals surface area contributed by atoms with E-state index in [-0.39, 0.29) is 5.91 Å². The highest BCUT2D eigenvalue weighted by Crippen LogP contribution is 2.40. The van der Waals surface area contributed by atoms with E-state index in [2.05, 4.69) is 20.4 Å². The van der Waals surface area contributed by atoms with Gasteiger partial charge in [0.05, 0.1) is 27.7 Å². The van der Waals surface area contributed by atoms with Crippen LogP contribution in [0.25, 0.3) is 22.1 Å². The average Bonchev–Trinajstić information content (AvgIpc) is 3.34. The van der Waals surface area contributed by atoms with Gasteiger partial charge in [0.1, 0.15) is 0 Å². The number of rotatable bonds is 3. The summed E-state index contributed by atoms with van der Waals surface area (Å²) in [6.07, 6.45) is 2.25. The first kappa shape index (κ1) is 15.1. The molecule has 0 aliphatic heterocycles. The Kier molecular flexibility index (Phi) is 3.12. The topological polar surface area (TPSA) is 88.5 Å². The number of hydrogen-bond acceptors (Lipinski definition) is 4. The smallest absolute Gasteiger partial charge is 0.258 e. The lowest BCUT2D eigenvalue weighted by atomic mass is 10.1. The van der Waals surface area contributed by atoms with Crippen molar-refractivity contribution in [1.29, 1.82) is 0 Å². The number of anilines is 1. The Morgan fingerprint density at radius 3 is 2.85 bits per heavy atom. The Morgan fingerprint density at radius 1 is 1.27 bits per heavy atom. The quantitative estimate of drug-likeness (QED) is 0.596. The van der Waals surface area contributed by atoms with Crippen molar-refractivity contribution < 1.29 is 4.79 Å². The van der Waals surface area contributed by atoms with E-state index in [1.54, 1.807) is 4.68 Å². The molecule has 1 aromatic carbocycles. The Bertz CT molecular complexity index is 1130. The van der Waals surface area contributed by atoms with Crippen LogP contribution >= 0.6 is 0 Å². The van der Waals surface area contributed by atoms with Crippen LogP contribution in [0.4, 0.5) is 5.95 Å². The second-order valence-electron chi connectivity index (χ2n) is 6.83. The van der Waals surface area contributed by atoms with Crippen LogP contribution in [0.1, 0.15) is 40.5 Å². The van der Waals surface area contributed by atoms with Crippen LogP contribution in [0.2, 0.25) is 0 Å². The van der Waals surface area contributed by atoms with Gasteiger partial charge in [-0.2, -0.15) is 5.10 Å². The summed E-state index contributed by atoms with van der Waals surface area (Å²) < 4.78 is 1.74. The third-order valence-corrected chi connectivity index (χ3v) is 4.85. The molecule has 3 aromatic heterocycles. The van der Waals surface area contributed by atoms with E-state index < -0.39 is 0 Å². The van der Waals surface area contributed by atoms with Gasteiger partial charge in [0.25, 0.3) is 5.91 Å². The van der Waals surface area contributed by atoms with Crippen LogP contribution in [-0.4, -0.2) is 30.6 Å². The number of nitrogens with zero attached hydrogens (tertiary/aromatic N) is 4. The highest BCUT2D eigenvalue weighted by Gasteiger charge is 2.28. The zero-order chi connectivity index (χ0) is 17.8. The van der Waals surface area contributed by atoms with Gasteiger partial charge in [-0.25, -0.2) is 9.97 Å². The maximum absolute atomic E-state index is 13.0. The molecule has 5 rings (SSSR count). The fourth-order valence-electron chi connectivity index (χ4n) is 3.42. The maximum atomic E-state index is 13.0. The van der Waals surface area contributed by atoms with E-state index in [0.29, 0.717) is 17.4 Å². The molecule has 1 aliphatic carbocycles. The first-order chi connectivity index (χ1) is 12.6. The zero-order valence-electron chi connectivity index (χ0n) is 14.6. The Labute approximate surface area is 149 Å². The van der Waals surface area contributed by atoms with Crippen LogP contribution in [0.3, 0.4) is 0 Å². The van der Waals surface area contributed by atoms with Crippen molar-refractivity contribution in [1.82, 2.24) is 24.7 Å². The Balaban J connectivity index is 1.59. The van der Waals surface area contributed by atoms with Crippen molar-refractivity contribution in [3.63, 3.8) is 0 Å². The van der Waals surface area contributed by atoms with E-state index >= 15 is 0 Å². The summed E-state index contributed by atoms with van der Waals surface area (Å²) in [5, 5.41) is 8.14. The van der Waals surface area contributed by atoms with Crippen LogP contribution in [0, 0.1) is 6.92 Å². The van der Waals surface area contributed by atoms with Crippen molar-refractivity contribution in [2.45, 2.75) is 25.7 Å². The Hall–Kier alpha value is -3.22. The molecule has 4 aromatic rings. The predicted molar refractivity (Wildman–Crippen MR) is 99.3 cm³/mol. The lowest BCUT2D eigenvalue weighted by molar-refractivity contribution is 0.102. The van der Waals surface area contributed by atoms with Crippen molar-refractivity contribution in [3.8, 4) is 0 Å². The normalized spacial score (nSPS) is 14.2. The van der Waals surface area contributed by atoms with E-state index in [4.69, 9.17) is 4.98 Å². The molecular formula is C19H18N6O. The molecule has 2 N–H and O–H groups in total. The third kappa shape index (κ3) is 2.35. The molecule has 0 unspecified atom stereocenters. The number of fused-ring (bicyclic) bond motifs is 2. The minimum absolute atomic E-state index is 0.200. The first-order valence-corrected chi connectivity index (χ1v) is 8.70. The molecule has 0 radical (unpaired) electrons. The summed E-state index contributed by atoms with van der Waals surface area (Å²) in [7, 11) is 1.86. The minimum atomic E-state index is -0.200. The zero-order valence-corrected chi connectivity index (χ0v) is 14.6. The number of benzene rings is 1. The van der Waals surface area contributed by atoms with Crippen LogP contribution in [0.5, 0.6) is 0 Å². The molecule has 7 heteroatoms. The molecule has 0 spiro atoms. The van der Waals surface area contributed by atoms with Crippen LogP contribution in [0.15, 0.2) is 30.3 Å². The van der Waals surface area contributed by atoms with E-state index in [9.17, 15) is 4.79 Å². The van der Waals surface area contributed by atoms with Crippen LogP contribution < -0.4 is 5.32 Å². The molecule has 7 nitrogen and oxygen atoms in total. The van der Waals surface area contributed by atoms with Gasteiger partial charge in [0.2, 0.25) is 5.95 Å². The second-order valence-corrected chi connectivity index (χ2v) is 6.83. The summed E-state index contributed by atoms with van der Waals surface area (Å²) in [5.74, 6) is 0.692. The molecule has 3 heterocycles. The number of aryl methyl sites for hydroxylation is 2. The lowest BCUT2D eigenvalue weighted by Crippen LogP contribution is -2.14. The van der Waals surface area contributed by atoms with Crippen molar-refractivity contribution in [3.05, 3.63) is 47.3 Å². The number of amides is 1. The summed E-state index contributed by atoms with van der Waals surface area (Å²) in [6, 6.07) is 9.59. The van der Waals surface area contributed by atoms with Gasteiger partial charge in [-0.05, 0) is 38.0 Å². The summed E-state index contributed by atoms with van der Waals surface area (Å²) in [5.41, 5.74) is 4.82. The van der Waals surface area contributed by atoms with Gasteiger partial charge in [0, 0.05) is 18.7 Å². The number of nitrogens with one attached hydrogen (secondary N) is 2. The molecule has 26 heavy (non-hydrogen) atoms. The molecule has 130 valence electrons. The average molecular weight is 346 g/mol. The first-order valence-electron chi connectivity index (χ1n) is 8.70. The summed E-state index contributed by atoms with van der Waals surface area (Å²) in [4.78, 5) is 25.3. The van der Waals surface area contributed by atoms with Gasteiger partial charge >= 0.3 is 0 Å². The van der Waals surface area contributed by atoms with Crippen molar-refractivity contribution in [2.75, 3.05) is 5.32 Å².